The Bertz CT molecular complexity index is 777. The van der Waals surface area contributed by atoms with Crippen LogP contribution in [-0.2, 0) is 7.05 Å². The molecular formula is C19H22N2O2S. The molecule has 1 aliphatic rings. The molecule has 4 nitrogen and oxygen atoms in total. The van der Waals surface area contributed by atoms with E-state index in [2.05, 4.69) is 23.6 Å². The van der Waals surface area contributed by atoms with Crippen LogP contribution < -0.4 is 5.56 Å². The minimum atomic E-state index is -0.100. The molecule has 1 amide bonds. The third kappa shape index (κ3) is 3.85. The number of hydrogen-bond acceptors (Lipinski definition) is 3. The van der Waals surface area contributed by atoms with Crippen LogP contribution in [0.2, 0.25) is 0 Å². The maximum absolute atomic E-state index is 13.0. The number of rotatable bonds is 3. The number of aromatic nitrogens is 1. The molecule has 3 heterocycles. The minimum absolute atomic E-state index is 0.00771. The second kappa shape index (κ2) is 7.62. The smallest absolute Gasteiger partial charge is 0.255 e. The van der Waals surface area contributed by atoms with Gasteiger partial charge < -0.3 is 9.47 Å². The van der Waals surface area contributed by atoms with E-state index in [1.165, 1.54) is 15.5 Å². The Morgan fingerprint density at radius 2 is 2.12 bits per heavy atom. The summed E-state index contributed by atoms with van der Waals surface area (Å²) in [5, 5.41) is 2.06. The summed E-state index contributed by atoms with van der Waals surface area (Å²) >= 11 is 1.70. The summed E-state index contributed by atoms with van der Waals surface area (Å²) < 4.78 is 1.46. The molecule has 0 aliphatic carbocycles. The quantitative estimate of drug-likeness (QED) is 0.856. The highest BCUT2D eigenvalue weighted by Crippen LogP contribution is 2.21. The average Bonchev–Trinajstić information content (AvgIpc) is 2.99. The fraction of sp³-hybridized carbons (Fsp3) is 0.368. The Balaban J connectivity index is 1.84. The van der Waals surface area contributed by atoms with Gasteiger partial charge in [-0.25, -0.2) is 0 Å². The number of aryl methyl sites for hydroxylation is 1. The van der Waals surface area contributed by atoms with Crippen molar-refractivity contribution in [1.29, 1.82) is 0 Å². The molecule has 1 fully saturated rings. The van der Waals surface area contributed by atoms with Gasteiger partial charge in [0.15, 0.2) is 0 Å². The number of thiophene rings is 1. The lowest BCUT2D eigenvalue weighted by molar-refractivity contribution is 0.0717. The molecule has 1 atom stereocenters. The second-order valence-corrected chi connectivity index (χ2v) is 7.14. The SMILES string of the molecule is Cn1cc(C(=O)N2CCCCCC2/C=C/c2cccs2)ccc1=O. The Morgan fingerprint density at radius 1 is 1.25 bits per heavy atom. The average molecular weight is 342 g/mol. The van der Waals surface area contributed by atoms with E-state index < -0.39 is 0 Å². The molecule has 3 rings (SSSR count). The van der Waals surface area contributed by atoms with E-state index in [4.69, 9.17) is 0 Å². The van der Waals surface area contributed by atoms with Crippen molar-refractivity contribution in [3.05, 3.63) is 62.7 Å². The maximum atomic E-state index is 13.0. The second-order valence-electron chi connectivity index (χ2n) is 6.16. The highest BCUT2D eigenvalue weighted by Gasteiger charge is 2.24. The number of carbonyl (C=O) groups excluding carboxylic acids is 1. The van der Waals surface area contributed by atoms with E-state index in [-0.39, 0.29) is 17.5 Å². The van der Waals surface area contributed by atoms with Gasteiger partial charge in [-0.05, 0) is 36.4 Å². The van der Waals surface area contributed by atoms with Gasteiger partial charge in [0.2, 0.25) is 5.56 Å². The molecule has 0 radical (unpaired) electrons. The summed E-state index contributed by atoms with van der Waals surface area (Å²) in [6.07, 6.45) is 10.2. The normalized spacial score (nSPS) is 18.7. The lowest BCUT2D eigenvalue weighted by atomic mass is 10.1. The van der Waals surface area contributed by atoms with Crippen molar-refractivity contribution in [3.63, 3.8) is 0 Å². The molecule has 1 aliphatic heterocycles. The number of amides is 1. The van der Waals surface area contributed by atoms with E-state index in [1.54, 1.807) is 30.6 Å². The Labute approximate surface area is 146 Å². The maximum Gasteiger partial charge on any atom is 0.255 e. The van der Waals surface area contributed by atoms with E-state index in [0.717, 1.165) is 32.2 Å². The first-order valence-corrected chi connectivity index (χ1v) is 9.22. The largest absolute Gasteiger partial charge is 0.332 e. The lowest BCUT2D eigenvalue weighted by Gasteiger charge is -2.28. The fourth-order valence-corrected chi connectivity index (χ4v) is 3.69. The van der Waals surface area contributed by atoms with Crippen LogP contribution in [0.3, 0.4) is 0 Å². The van der Waals surface area contributed by atoms with Gasteiger partial charge in [-0.2, -0.15) is 0 Å². The van der Waals surface area contributed by atoms with Crippen molar-refractivity contribution >= 4 is 23.3 Å². The lowest BCUT2D eigenvalue weighted by Crippen LogP contribution is -2.39. The third-order valence-electron chi connectivity index (χ3n) is 4.42. The van der Waals surface area contributed by atoms with Crippen LogP contribution >= 0.6 is 11.3 Å². The van der Waals surface area contributed by atoms with E-state index in [9.17, 15) is 9.59 Å². The molecule has 5 heteroatoms. The predicted molar refractivity (Wildman–Crippen MR) is 98.3 cm³/mol. The molecule has 0 bridgehead atoms. The van der Waals surface area contributed by atoms with Gasteiger partial charge in [0.1, 0.15) is 0 Å². The molecule has 24 heavy (non-hydrogen) atoms. The topological polar surface area (TPSA) is 42.3 Å². The molecule has 1 saturated heterocycles. The fourth-order valence-electron chi connectivity index (χ4n) is 3.06. The van der Waals surface area contributed by atoms with Crippen LogP contribution in [0.1, 0.15) is 40.9 Å². The van der Waals surface area contributed by atoms with Crippen LogP contribution in [0, 0.1) is 0 Å². The van der Waals surface area contributed by atoms with Crippen molar-refractivity contribution in [2.24, 2.45) is 7.05 Å². The highest BCUT2D eigenvalue weighted by molar-refractivity contribution is 7.10. The van der Waals surface area contributed by atoms with Crippen LogP contribution in [0.4, 0.5) is 0 Å². The number of pyridine rings is 1. The summed E-state index contributed by atoms with van der Waals surface area (Å²) in [4.78, 5) is 27.7. The molecule has 126 valence electrons. The van der Waals surface area contributed by atoms with E-state index >= 15 is 0 Å². The van der Waals surface area contributed by atoms with Gasteiger partial charge in [-0.1, -0.05) is 25.0 Å². The molecule has 0 aromatic carbocycles. The first-order valence-electron chi connectivity index (χ1n) is 8.34. The van der Waals surface area contributed by atoms with Gasteiger partial charge in [0, 0.05) is 30.7 Å². The number of carbonyl (C=O) groups is 1. The van der Waals surface area contributed by atoms with Gasteiger partial charge >= 0.3 is 0 Å². The van der Waals surface area contributed by atoms with Gasteiger partial charge in [-0.3, -0.25) is 9.59 Å². The van der Waals surface area contributed by atoms with Crippen LogP contribution in [-0.4, -0.2) is 28.0 Å². The van der Waals surface area contributed by atoms with Crippen LogP contribution in [0.15, 0.2) is 46.7 Å². The van der Waals surface area contributed by atoms with Crippen molar-refractivity contribution < 1.29 is 4.79 Å². The zero-order chi connectivity index (χ0) is 16.9. The summed E-state index contributed by atoms with van der Waals surface area (Å²) in [6.45, 7) is 0.765. The summed E-state index contributed by atoms with van der Waals surface area (Å²) in [5.74, 6) is 0.00771. The molecule has 0 spiro atoms. The molecule has 1 unspecified atom stereocenters. The molecule has 0 N–H and O–H groups in total. The number of hydrogen-bond donors (Lipinski definition) is 0. The van der Waals surface area contributed by atoms with Gasteiger partial charge in [0.25, 0.3) is 5.91 Å². The Hall–Kier alpha value is -2.14. The molecule has 0 saturated carbocycles. The van der Waals surface area contributed by atoms with E-state index in [1.807, 2.05) is 11.0 Å². The molecule has 2 aromatic heterocycles. The summed E-state index contributed by atoms with van der Waals surface area (Å²) in [7, 11) is 1.68. The van der Waals surface area contributed by atoms with Gasteiger partial charge in [0.05, 0.1) is 11.6 Å². The van der Waals surface area contributed by atoms with Crippen molar-refractivity contribution in [2.75, 3.05) is 6.54 Å². The first kappa shape index (κ1) is 16.7. The zero-order valence-corrected chi connectivity index (χ0v) is 14.7. The zero-order valence-electron chi connectivity index (χ0n) is 13.9. The first-order chi connectivity index (χ1) is 11.6. The predicted octanol–water partition coefficient (Wildman–Crippen LogP) is 3.55. The third-order valence-corrected chi connectivity index (χ3v) is 5.26. The molecule has 2 aromatic rings. The van der Waals surface area contributed by atoms with Crippen LogP contribution in [0.25, 0.3) is 6.08 Å². The van der Waals surface area contributed by atoms with Crippen molar-refractivity contribution in [3.8, 4) is 0 Å². The highest BCUT2D eigenvalue weighted by atomic mass is 32.1. The van der Waals surface area contributed by atoms with Crippen molar-refractivity contribution in [1.82, 2.24) is 9.47 Å². The number of likely N-dealkylation sites (tertiary alicyclic amines) is 1. The Kier molecular flexibility index (Phi) is 5.30. The van der Waals surface area contributed by atoms with Gasteiger partial charge in [-0.15, -0.1) is 11.3 Å². The number of nitrogens with zero attached hydrogens (tertiary/aromatic N) is 2. The molecular weight excluding hydrogens is 320 g/mol. The Morgan fingerprint density at radius 3 is 2.88 bits per heavy atom. The van der Waals surface area contributed by atoms with Crippen molar-refractivity contribution in [2.45, 2.75) is 31.7 Å². The van der Waals surface area contributed by atoms with Crippen LogP contribution in [0.5, 0.6) is 0 Å². The minimum Gasteiger partial charge on any atom is -0.332 e. The monoisotopic (exact) mass is 342 g/mol. The summed E-state index contributed by atoms with van der Waals surface area (Å²) in [6, 6.07) is 7.32. The summed E-state index contributed by atoms with van der Waals surface area (Å²) in [5.41, 5.74) is 0.477. The standard InChI is InChI=1S/C19H22N2O2S/c1-20-14-15(8-11-18(20)22)19(23)21-12-4-2-3-6-16(21)9-10-17-7-5-13-24-17/h5,7-11,13-14,16H,2-4,6,12H2,1H3/b10-9+. The van der Waals surface area contributed by atoms with E-state index in [0.29, 0.717) is 5.56 Å².